The lowest BCUT2D eigenvalue weighted by Gasteiger charge is -2.07. The summed E-state index contributed by atoms with van der Waals surface area (Å²) in [4.78, 5) is 16.8. The first-order valence-corrected chi connectivity index (χ1v) is 8.60. The molecule has 0 bridgehead atoms. The standard InChI is InChI=1S/C15H12Cl2N6S/c16-10-6-13(19-7-11(10)17)24-8-12-21-14(18)23-15(22-12)20-9-4-2-1-3-5-9/h1-7H,8H2,(H3,18,20,21,22,23). The van der Waals surface area contributed by atoms with Gasteiger partial charge in [0.15, 0.2) is 0 Å². The summed E-state index contributed by atoms with van der Waals surface area (Å²) in [5.41, 5.74) is 6.63. The molecule has 0 radical (unpaired) electrons. The van der Waals surface area contributed by atoms with E-state index < -0.39 is 0 Å². The van der Waals surface area contributed by atoms with Crippen LogP contribution in [0.1, 0.15) is 5.82 Å². The van der Waals surface area contributed by atoms with Crippen LogP contribution in [0.5, 0.6) is 0 Å². The molecule has 2 aromatic heterocycles. The van der Waals surface area contributed by atoms with Gasteiger partial charge in [0, 0.05) is 11.9 Å². The van der Waals surface area contributed by atoms with E-state index in [1.165, 1.54) is 18.0 Å². The zero-order valence-electron chi connectivity index (χ0n) is 12.3. The second-order valence-corrected chi connectivity index (χ2v) is 6.46. The topological polar surface area (TPSA) is 89.6 Å². The maximum absolute atomic E-state index is 5.98. The normalized spacial score (nSPS) is 10.6. The Kier molecular flexibility index (Phi) is 5.34. The van der Waals surface area contributed by atoms with E-state index in [0.717, 1.165) is 10.7 Å². The summed E-state index contributed by atoms with van der Waals surface area (Å²) in [5.74, 6) is 1.56. The largest absolute Gasteiger partial charge is 0.368 e. The number of nitrogens with two attached hydrogens (primary N) is 1. The van der Waals surface area contributed by atoms with Crippen LogP contribution in [0, 0.1) is 0 Å². The Morgan fingerprint density at radius 3 is 2.58 bits per heavy atom. The fraction of sp³-hybridized carbons (Fsp3) is 0.0667. The van der Waals surface area contributed by atoms with Gasteiger partial charge in [-0.15, -0.1) is 0 Å². The van der Waals surface area contributed by atoms with E-state index in [1.807, 2.05) is 30.3 Å². The van der Waals surface area contributed by atoms with Crippen molar-refractivity contribution in [2.45, 2.75) is 10.8 Å². The highest BCUT2D eigenvalue weighted by Crippen LogP contribution is 2.27. The Morgan fingerprint density at radius 2 is 1.83 bits per heavy atom. The number of para-hydroxylation sites is 1. The van der Waals surface area contributed by atoms with Gasteiger partial charge in [-0.2, -0.15) is 15.0 Å². The van der Waals surface area contributed by atoms with Crippen LogP contribution in [0.3, 0.4) is 0 Å². The molecule has 1 aromatic carbocycles. The number of rotatable bonds is 5. The molecule has 0 atom stereocenters. The molecule has 0 spiro atoms. The molecule has 3 N–H and O–H groups in total. The number of halogens is 2. The molecule has 9 heteroatoms. The van der Waals surface area contributed by atoms with Crippen LogP contribution in [-0.4, -0.2) is 19.9 Å². The molecule has 0 aliphatic carbocycles. The van der Waals surface area contributed by atoms with Crippen molar-refractivity contribution in [1.29, 1.82) is 0 Å². The Balaban J connectivity index is 1.72. The SMILES string of the molecule is Nc1nc(CSc2cc(Cl)c(Cl)cn2)nc(Nc2ccccc2)n1. The predicted octanol–water partition coefficient (Wildman–Crippen LogP) is 4.19. The van der Waals surface area contributed by atoms with Gasteiger partial charge in [0.05, 0.1) is 20.8 Å². The number of nitrogens with zero attached hydrogens (tertiary/aromatic N) is 4. The molecule has 0 aliphatic heterocycles. The molecule has 0 fully saturated rings. The second kappa shape index (κ2) is 7.65. The summed E-state index contributed by atoms with van der Waals surface area (Å²) < 4.78 is 0. The Bertz CT molecular complexity index is 847. The highest BCUT2D eigenvalue weighted by Gasteiger charge is 2.07. The molecule has 0 amide bonds. The lowest BCUT2D eigenvalue weighted by Crippen LogP contribution is -2.06. The van der Waals surface area contributed by atoms with Gasteiger partial charge in [-0.3, -0.25) is 0 Å². The highest BCUT2D eigenvalue weighted by molar-refractivity contribution is 7.98. The molecule has 0 saturated heterocycles. The number of anilines is 3. The fourth-order valence-corrected chi connectivity index (χ4v) is 2.88. The number of thioether (sulfide) groups is 1. The third-order valence-electron chi connectivity index (χ3n) is 2.86. The van der Waals surface area contributed by atoms with E-state index in [9.17, 15) is 0 Å². The minimum absolute atomic E-state index is 0.154. The molecular formula is C15H12Cl2N6S. The molecule has 3 rings (SSSR count). The lowest BCUT2D eigenvalue weighted by molar-refractivity contribution is 0.979. The molecular weight excluding hydrogens is 367 g/mol. The number of aromatic nitrogens is 4. The van der Waals surface area contributed by atoms with Crippen molar-refractivity contribution < 1.29 is 0 Å². The third-order valence-corrected chi connectivity index (χ3v) is 4.49. The molecule has 3 aromatic rings. The van der Waals surface area contributed by atoms with Gasteiger partial charge >= 0.3 is 0 Å². The quantitative estimate of drug-likeness (QED) is 0.643. The first kappa shape index (κ1) is 16.8. The second-order valence-electron chi connectivity index (χ2n) is 4.65. The van der Waals surface area contributed by atoms with Gasteiger partial charge in [0.2, 0.25) is 11.9 Å². The summed E-state index contributed by atoms with van der Waals surface area (Å²) in [7, 11) is 0. The highest BCUT2D eigenvalue weighted by atomic mass is 35.5. The number of hydrogen-bond acceptors (Lipinski definition) is 7. The van der Waals surface area contributed by atoms with Crippen molar-refractivity contribution in [3.05, 3.63) is 58.5 Å². The number of hydrogen-bond donors (Lipinski definition) is 2. The van der Waals surface area contributed by atoms with E-state index in [4.69, 9.17) is 28.9 Å². The third kappa shape index (κ3) is 4.47. The molecule has 0 saturated carbocycles. The number of pyridine rings is 1. The van der Waals surface area contributed by atoms with E-state index in [-0.39, 0.29) is 5.95 Å². The Labute approximate surface area is 152 Å². The van der Waals surface area contributed by atoms with Gasteiger partial charge in [-0.05, 0) is 18.2 Å². The first-order chi connectivity index (χ1) is 11.6. The van der Waals surface area contributed by atoms with Crippen LogP contribution in [-0.2, 0) is 5.75 Å². The lowest BCUT2D eigenvalue weighted by atomic mass is 10.3. The van der Waals surface area contributed by atoms with E-state index in [2.05, 4.69) is 25.3 Å². The van der Waals surface area contributed by atoms with Crippen LogP contribution in [0.4, 0.5) is 17.6 Å². The van der Waals surface area contributed by atoms with Crippen LogP contribution in [0.2, 0.25) is 10.0 Å². The molecule has 2 heterocycles. The molecule has 0 aliphatic rings. The molecule has 0 unspecified atom stereocenters. The van der Waals surface area contributed by atoms with Crippen molar-refractivity contribution in [2.75, 3.05) is 11.1 Å². The zero-order chi connectivity index (χ0) is 16.9. The molecule has 24 heavy (non-hydrogen) atoms. The average molecular weight is 379 g/mol. The van der Waals surface area contributed by atoms with Crippen LogP contribution in [0.15, 0.2) is 47.6 Å². The average Bonchev–Trinajstić information content (AvgIpc) is 2.56. The van der Waals surface area contributed by atoms with Gasteiger partial charge in [0.1, 0.15) is 5.82 Å². The summed E-state index contributed by atoms with van der Waals surface area (Å²) in [6, 6.07) is 11.3. The summed E-state index contributed by atoms with van der Waals surface area (Å²) in [6.45, 7) is 0. The minimum Gasteiger partial charge on any atom is -0.368 e. The fourth-order valence-electron chi connectivity index (χ4n) is 1.82. The monoisotopic (exact) mass is 378 g/mol. The summed E-state index contributed by atoms with van der Waals surface area (Å²) in [5, 5.41) is 4.69. The van der Waals surface area contributed by atoms with Crippen molar-refractivity contribution in [3.63, 3.8) is 0 Å². The predicted molar refractivity (Wildman–Crippen MR) is 97.8 cm³/mol. The van der Waals surface area contributed by atoms with Crippen molar-refractivity contribution in [3.8, 4) is 0 Å². The Hall–Kier alpha value is -2.09. The number of nitrogen functional groups attached to an aromatic ring is 1. The van der Waals surface area contributed by atoms with Crippen LogP contribution < -0.4 is 11.1 Å². The summed E-state index contributed by atoms with van der Waals surface area (Å²) >= 11 is 13.3. The van der Waals surface area contributed by atoms with Gasteiger partial charge < -0.3 is 11.1 Å². The molecule has 6 nitrogen and oxygen atoms in total. The number of nitrogens with one attached hydrogen (secondary N) is 1. The van der Waals surface area contributed by atoms with E-state index in [0.29, 0.717) is 27.6 Å². The van der Waals surface area contributed by atoms with Crippen LogP contribution in [0.25, 0.3) is 0 Å². The van der Waals surface area contributed by atoms with Gasteiger partial charge in [-0.1, -0.05) is 53.2 Å². The van der Waals surface area contributed by atoms with E-state index in [1.54, 1.807) is 6.07 Å². The van der Waals surface area contributed by atoms with Gasteiger partial charge in [-0.25, -0.2) is 4.98 Å². The van der Waals surface area contributed by atoms with Crippen molar-refractivity contribution >= 4 is 52.5 Å². The van der Waals surface area contributed by atoms with Crippen molar-refractivity contribution in [2.24, 2.45) is 0 Å². The zero-order valence-corrected chi connectivity index (χ0v) is 14.6. The molecule has 122 valence electrons. The first-order valence-electron chi connectivity index (χ1n) is 6.86. The maximum atomic E-state index is 5.98. The van der Waals surface area contributed by atoms with E-state index >= 15 is 0 Å². The summed E-state index contributed by atoms with van der Waals surface area (Å²) in [6.07, 6.45) is 1.51. The smallest absolute Gasteiger partial charge is 0.232 e. The van der Waals surface area contributed by atoms with Gasteiger partial charge in [0.25, 0.3) is 0 Å². The number of benzene rings is 1. The minimum atomic E-state index is 0.154. The van der Waals surface area contributed by atoms with Crippen LogP contribution >= 0.6 is 35.0 Å². The Morgan fingerprint density at radius 1 is 1.04 bits per heavy atom. The van der Waals surface area contributed by atoms with Crippen molar-refractivity contribution in [1.82, 2.24) is 19.9 Å². The maximum Gasteiger partial charge on any atom is 0.232 e.